The van der Waals surface area contributed by atoms with E-state index in [2.05, 4.69) is 55.4 Å². The van der Waals surface area contributed by atoms with Crippen molar-refractivity contribution in [1.29, 1.82) is 0 Å². The third-order valence-electron chi connectivity index (χ3n) is 20.2. The summed E-state index contributed by atoms with van der Waals surface area (Å²) in [6.07, 6.45) is 62.6. The molecule has 0 aliphatic rings. The molecule has 0 aliphatic carbocycles. The molecule has 0 saturated heterocycles. The predicted molar refractivity (Wildman–Crippen MR) is 428 cm³/mol. The fourth-order valence-electron chi connectivity index (χ4n) is 13.1. The van der Waals surface area contributed by atoms with E-state index in [0.717, 1.165) is 114 Å². The average molecular weight is 1520 g/mol. The number of aliphatic hydroxyl groups excluding tert-OH is 1. The highest BCUT2D eigenvalue weighted by molar-refractivity contribution is 7.47. The van der Waals surface area contributed by atoms with Crippen molar-refractivity contribution in [1.82, 2.24) is 0 Å². The lowest BCUT2D eigenvalue weighted by molar-refractivity contribution is -0.161. The van der Waals surface area contributed by atoms with Gasteiger partial charge in [0.05, 0.1) is 26.4 Å². The van der Waals surface area contributed by atoms with Gasteiger partial charge in [-0.2, -0.15) is 0 Å². The van der Waals surface area contributed by atoms with Crippen LogP contribution in [0.25, 0.3) is 0 Å². The van der Waals surface area contributed by atoms with E-state index in [4.69, 9.17) is 37.0 Å². The lowest BCUT2D eigenvalue weighted by Gasteiger charge is -2.21. The van der Waals surface area contributed by atoms with E-state index in [0.29, 0.717) is 31.6 Å². The first-order chi connectivity index (χ1) is 50.1. The Balaban J connectivity index is 5.19. The Morgan fingerprint density at radius 2 is 0.462 bits per heavy atom. The highest BCUT2D eigenvalue weighted by Crippen LogP contribution is 2.45. The van der Waals surface area contributed by atoms with Gasteiger partial charge in [-0.05, 0) is 49.4 Å². The molecule has 0 aliphatic heterocycles. The average Bonchev–Trinajstić information content (AvgIpc) is 0.908. The van der Waals surface area contributed by atoms with Gasteiger partial charge < -0.3 is 33.8 Å². The molecule has 0 radical (unpaired) electrons. The van der Waals surface area contributed by atoms with Crippen LogP contribution in [0.1, 0.15) is 441 Å². The summed E-state index contributed by atoms with van der Waals surface area (Å²) < 4.78 is 68.8. The Labute approximate surface area is 638 Å². The van der Waals surface area contributed by atoms with Crippen LogP contribution in [0.2, 0.25) is 0 Å². The van der Waals surface area contributed by atoms with Crippen LogP contribution >= 0.6 is 15.6 Å². The van der Waals surface area contributed by atoms with Crippen LogP contribution in [0.4, 0.5) is 0 Å². The number of hydrogen-bond donors (Lipinski definition) is 3. The number of carbonyl (C=O) groups is 4. The smallest absolute Gasteiger partial charge is 0.462 e. The van der Waals surface area contributed by atoms with Crippen LogP contribution < -0.4 is 0 Å². The van der Waals surface area contributed by atoms with Crippen molar-refractivity contribution in [2.45, 2.75) is 459 Å². The van der Waals surface area contributed by atoms with Crippen LogP contribution in [0, 0.1) is 23.7 Å². The first-order valence-electron chi connectivity index (χ1n) is 43.7. The van der Waals surface area contributed by atoms with Crippen LogP contribution in [0.15, 0.2) is 0 Å². The molecule has 0 rings (SSSR count). The Bertz CT molecular complexity index is 2030. The maximum absolute atomic E-state index is 13.1. The third kappa shape index (κ3) is 76.8. The zero-order chi connectivity index (χ0) is 76.7. The second-order valence-corrected chi connectivity index (χ2v) is 35.2. The first kappa shape index (κ1) is 102. The van der Waals surface area contributed by atoms with E-state index in [1.165, 1.54) is 238 Å². The largest absolute Gasteiger partial charge is 0.472 e. The summed E-state index contributed by atoms with van der Waals surface area (Å²) in [6.45, 7) is 14.3. The molecule has 0 amide bonds. The quantitative estimate of drug-likeness (QED) is 0.0222. The summed E-state index contributed by atoms with van der Waals surface area (Å²) in [7, 11) is -9.93. The van der Waals surface area contributed by atoms with E-state index >= 15 is 0 Å². The molecule has 0 aromatic rings. The Hall–Kier alpha value is -1.94. The van der Waals surface area contributed by atoms with Gasteiger partial charge in [0.2, 0.25) is 0 Å². The van der Waals surface area contributed by atoms with Crippen molar-refractivity contribution in [2.75, 3.05) is 39.6 Å². The van der Waals surface area contributed by atoms with E-state index in [1.807, 2.05) is 0 Å². The number of rotatable bonds is 82. The van der Waals surface area contributed by atoms with Crippen molar-refractivity contribution < 1.29 is 80.2 Å². The van der Waals surface area contributed by atoms with Crippen molar-refractivity contribution in [2.24, 2.45) is 23.7 Å². The summed E-state index contributed by atoms with van der Waals surface area (Å²) in [5.41, 5.74) is 0. The van der Waals surface area contributed by atoms with Crippen molar-refractivity contribution >= 4 is 39.5 Å². The molecule has 104 heavy (non-hydrogen) atoms. The van der Waals surface area contributed by atoms with Gasteiger partial charge in [-0.1, -0.05) is 389 Å². The van der Waals surface area contributed by atoms with Gasteiger partial charge in [0.1, 0.15) is 19.3 Å². The minimum absolute atomic E-state index is 0.106. The van der Waals surface area contributed by atoms with Gasteiger partial charge >= 0.3 is 39.5 Å². The summed E-state index contributed by atoms with van der Waals surface area (Å²) in [4.78, 5) is 73.1. The van der Waals surface area contributed by atoms with Gasteiger partial charge in [0, 0.05) is 25.7 Å². The zero-order valence-corrected chi connectivity index (χ0v) is 70.5. The van der Waals surface area contributed by atoms with Gasteiger partial charge in [0.15, 0.2) is 12.2 Å². The van der Waals surface area contributed by atoms with Gasteiger partial charge in [0.25, 0.3) is 0 Å². The molecule has 6 atom stereocenters. The van der Waals surface area contributed by atoms with Crippen LogP contribution in [-0.2, 0) is 65.4 Å². The van der Waals surface area contributed by atoms with Crippen molar-refractivity contribution in [3.8, 4) is 0 Å². The van der Waals surface area contributed by atoms with E-state index in [1.54, 1.807) is 0 Å². The molecule has 4 unspecified atom stereocenters. The number of esters is 4. The fraction of sp³-hybridized carbons (Fsp3) is 0.953. The number of carbonyl (C=O) groups excluding carboxylic acids is 4. The number of hydrogen-bond acceptors (Lipinski definition) is 15. The third-order valence-corrected chi connectivity index (χ3v) is 22.1. The number of aliphatic hydroxyl groups is 1. The topological polar surface area (TPSA) is 237 Å². The standard InChI is InChI=1S/C85H166O17P2/c1-9-78(8)64-56-48-40-32-26-20-16-12-10-11-13-17-22-28-34-42-51-59-67-84(89)102-81(72-96-83(88)66-58-50-44-36-39-47-55-63-77(6)7)74-100-104(93,94)98-70-79(86)69-97-103(91,92)99-73-80(101-85(90)68-60-52-43-35-29-23-25-31-38-46-54-62-76(4)5)71-95-82(87)65-57-49-41-33-27-21-18-14-15-19-24-30-37-45-53-61-75(2)3/h75-81,86H,9-74H2,1-8H3,(H,91,92)(H,93,94)/t78?,79?,80-,81-/m1/s1. The molecule has 3 N–H and O–H groups in total. The maximum atomic E-state index is 13.1. The van der Waals surface area contributed by atoms with Crippen LogP contribution in [0.3, 0.4) is 0 Å². The van der Waals surface area contributed by atoms with Crippen LogP contribution in [0.5, 0.6) is 0 Å². The normalized spacial score (nSPS) is 14.2. The summed E-state index contributed by atoms with van der Waals surface area (Å²) in [6, 6.07) is 0. The maximum Gasteiger partial charge on any atom is 0.472 e. The molecule has 0 heterocycles. The molecule has 0 bridgehead atoms. The van der Waals surface area contributed by atoms with E-state index < -0.39 is 97.5 Å². The second-order valence-electron chi connectivity index (χ2n) is 32.2. The van der Waals surface area contributed by atoms with Gasteiger partial charge in [-0.15, -0.1) is 0 Å². The second kappa shape index (κ2) is 73.8. The zero-order valence-electron chi connectivity index (χ0n) is 68.7. The molecule has 19 heteroatoms. The molecule has 618 valence electrons. The minimum atomic E-state index is -4.96. The van der Waals surface area contributed by atoms with Gasteiger partial charge in [-0.3, -0.25) is 37.3 Å². The Morgan fingerprint density at radius 3 is 0.683 bits per heavy atom. The van der Waals surface area contributed by atoms with E-state index in [-0.39, 0.29) is 25.7 Å². The van der Waals surface area contributed by atoms with E-state index in [9.17, 15) is 43.2 Å². The number of unbranched alkanes of at least 4 members (excludes halogenated alkanes) is 47. The molecule has 0 fully saturated rings. The Morgan fingerprint density at radius 1 is 0.269 bits per heavy atom. The summed E-state index contributed by atoms with van der Waals surface area (Å²) >= 11 is 0. The first-order valence-corrected chi connectivity index (χ1v) is 46.7. The molecule has 0 saturated carbocycles. The van der Waals surface area contributed by atoms with Crippen molar-refractivity contribution in [3.63, 3.8) is 0 Å². The molecular weight excluding hydrogens is 1350 g/mol. The molecule has 0 spiro atoms. The molecule has 17 nitrogen and oxygen atoms in total. The molecular formula is C85H166O17P2. The highest BCUT2D eigenvalue weighted by Gasteiger charge is 2.30. The van der Waals surface area contributed by atoms with Gasteiger partial charge in [-0.25, -0.2) is 9.13 Å². The number of ether oxygens (including phenoxy) is 4. The molecule has 0 aromatic heterocycles. The summed E-state index contributed by atoms with van der Waals surface area (Å²) in [5, 5.41) is 10.7. The monoisotopic (exact) mass is 1520 g/mol. The minimum Gasteiger partial charge on any atom is -0.462 e. The SMILES string of the molecule is CCC(C)CCCCCCCCCCCCCCCCCCCCC(=O)O[C@H](COC(=O)CCCCCCCCCC(C)C)COP(=O)(O)OCC(O)COP(=O)(O)OC[C@@H](COC(=O)CCCCCCCCCCCCCCCCCC(C)C)OC(=O)CCCCCCCCCCCCCC(C)C. The lowest BCUT2D eigenvalue weighted by atomic mass is 9.99. The fourth-order valence-corrected chi connectivity index (χ4v) is 14.7. The van der Waals surface area contributed by atoms with Crippen LogP contribution in [-0.4, -0.2) is 96.7 Å². The Kier molecular flexibility index (Phi) is 72.5. The van der Waals surface area contributed by atoms with Crippen molar-refractivity contribution in [3.05, 3.63) is 0 Å². The number of phosphoric acid groups is 2. The predicted octanol–water partition coefficient (Wildman–Crippen LogP) is 25.6. The highest BCUT2D eigenvalue weighted by atomic mass is 31.2. The lowest BCUT2D eigenvalue weighted by Crippen LogP contribution is -2.30. The molecule has 0 aromatic carbocycles. The summed E-state index contributed by atoms with van der Waals surface area (Å²) in [5.74, 6) is 1.04. The number of phosphoric ester groups is 2.